The predicted octanol–water partition coefficient (Wildman–Crippen LogP) is 18.8. The van der Waals surface area contributed by atoms with Gasteiger partial charge >= 0.3 is 6.09 Å². The lowest BCUT2D eigenvalue weighted by Crippen LogP contribution is -2.41. The number of H-pyrrole nitrogens is 3. The van der Waals surface area contributed by atoms with Crippen LogP contribution in [0.3, 0.4) is 0 Å². The highest BCUT2D eigenvalue weighted by Gasteiger charge is 2.35. The van der Waals surface area contributed by atoms with Crippen molar-refractivity contribution in [2.24, 2.45) is 0 Å². The van der Waals surface area contributed by atoms with E-state index in [2.05, 4.69) is 145 Å². The fourth-order valence-corrected chi connectivity index (χ4v) is 17.7. The normalized spacial score (nSPS) is 18.6. The Hall–Kier alpha value is -13.1. The second-order valence-electron chi connectivity index (χ2n) is 33.5. The summed E-state index contributed by atoms with van der Waals surface area (Å²) in [6.45, 7) is 15.7. The topological polar surface area (TPSA) is 310 Å². The molecule has 4 unspecified atom stereocenters. The number of piperidine rings is 2. The van der Waals surface area contributed by atoms with E-state index in [1.54, 1.807) is 30.2 Å². The third kappa shape index (κ3) is 20.5. The van der Waals surface area contributed by atoms with Crippen LogP contribution in [-0.2, 0) is 11.3 Å². The van der Waals surface area contributed by atoms with Crippen LogP contribution in [0.2, 0.25) is 0 Å². The number of ether oxygens (including phenoxy) is 1. The quantitative estimate of drug-likeness (QED) is 0.0329. The number of aromatic nitrogens is 16. The number of rotatable bonds is 20. The molecule has 7 fully saturated rings. The van der Waals surface area contributed by atoms with Gasteiger partial charge in [0.25, 0.3) is 0 Å². The van der Waals surface area contributed by atoms with Crippen molar-refractivity contribution in [3.63, 3.8) is 0 Å². The number of anilines is 12. The molecule has 32 heteroatoms. The summed E-state index contributed by atoms with van der Waals surface area (Å²) in [5, 5.41) is 44.8. The van der Waals surface area contributed by atoms with E-state index >= 15 is 0 Å². The lowest BCUT2D eigenvalue weighted by Gasteiger charge is -2.33. The number of hydrogen-bond donors (Lipinski definition) is 8. The maximum absolute atomic E-state index is 13.4. The molecule has 4 atom stereocenters. The van der Waals surface area contributed by atoms with E-state index in [0.29, 0.717) is 54.1 Å². The minimum atomic E-state index is -0.491. The predicted molar refractivity (Wildman–Crippen MR) is 472 cm³/mol. The summed E-state index contributed by atoms with van der Waals surface area (Å²) in [5.41, 5.74) is 8.41. The summed E-state index contributed by atoms with van der Waals surface area (Å²) in [7, 11) is 0. The molecular weight excluding hydrogens is 1580 g/mol. The molecule has 0 spiro atoms. The Morgan fingerprint density at radius 3 is 1.19 bits per heavy atom. The molecule has 1 amide bonds. The number of amides is 1. The van der Waals surface area contributed by atoms with Gasteiger partial charge in [-0.15, -0.1) is 0 Å². The number of nitrogens with zero attached hydrogens (tertiary/aromatic N) is 18. The van der Waals surface area contributed by atoms with Crippen LogP contribution in [0.5, 0.6) is 0 Å². The first-order chi connectivity index (χ1) is 60.5. The van der Waals surface area contributed by atoms with Gasteiger partial charge in [0.1, 0.15) is 101 Å². The van der Waals surface area contributed by atoms with Crippen molar-refractivity contribution in [2.75, 3.05) is 93.2 Å². The van der Waals surface area contributed by atoms with Crippen molar-refractivity contribution in [3.05, 3.63) is 252 Å². The van der Waals surface area contributed by atoms with Gasteiger partial charge in [0.15, 0.2) is 23.3 Å². The van der Waals surface area contributed by atoms with Gasteiger partial charge < -0.3 is 55.8 Å². The number of carbonyl (C=O) groups excluding carboxylic acids is 1. The van der Waals surface area contributed by atoms with E-state index < -0.39 is 5.60 Å². The van der Waals surface area contributed by atoms with Crippen LogP contribution in [0.25, 0.3) is 10.9 Å². The molecule has 14 heterocycles. The van der Waals surface area contributed by atoms with Gasteiger partial charge in [0.05, 0.1) is 29.7 Å². The van der Waals surface area contributed by atoms with Crippen LogP contribution in [0.4, 0.5) is 92.2 Å². The molecule has 8 N–H and O–H groups in total. The van der Waals surface area contributed by atoms with E-state index in [9.17, 15) is 22.4 Å². The Balaban J connectivity index is 0.000000118. The smallest absolute Gasteiger partial charge is 0.410 e. The lowest BCUT2D eigenvalue weighted by molar-refractivity contribution is 0.0204. The molecule has 28 nitrogen and oxygen atoms in total. The molecule has 8 aromatic heterocycles. The van der Waals surface area contributed by atoms with Gasteiger partial charge in [-0.25, -0.2) is 62.2 Å². The van der Waals surface area contributed by atoms with Crippen molar-refractivity contribution in [1.29, 1.82) is 0 Å². The largest absolute Gasteiger partial charge is 0.444 e. The van der Waals surface area contributed by atoms with E-state index in [-0.39, 0.29) is 53.5 Å². The zero-order chi connectivity index (χ0) is 85.0. The number of fused-ring (bicyclic) bond motifs is 1. The van der Waals surface area contributed by atoms with Crippen LogP contribution in [-0.4, -0.2) is 149 Å². The zero-order valence-corrected chi connectivity index (χ0v) is 70.1. The summed E-state index contributed by atoms with van der Waals surface area (Å²) in [6.07, 6.45) is 20.8. The van der Waals surface area contributed by atoms with Crippen LogP contribution in [0.1, 0.15) is 199 Å². The second-order valence-corrected chi connectivity index (χ2v) is 33.5. The SMILES string of the molecule is CC(C)(C)OC(=O)N1CCC(c2cc(Nc3cc(N4CCCC4c4ccc(F)cc4)ncn3)n[nH]2)CC1.CCn1nc(Nc2cc(N3CCCC3c3ccc(F)cc3)ncn2)cc1C1CC1.Fc1ccc(C2CCCN2c2cc(Nc3cc(C4CCNCC4)[nH]n3)ncn2)cc1.Fc1ccc(C2CCCN2c2cc(Nc3n[nH]c4ccccc34)ncn2)cc1. The molecule has 642 valence electrons. The number of aromatic amines is 3. The maximum atomic E-state index is 13.4. The number of hydrogen-bond acceptors (Lipinski definition) is 23. The monoisotopic (exact) mass is 1680 g/mol. The number of likely N-dealkylation sites (tertiary alicyclic amines) is 1. The van der Waals surface area contributed by atoms with E-state index in [4.69, 9.17) is 4.74 Å². The highest BCUT2D eigenvalue weighted by molar-refractivity contribution is 5.91. The fraction of sp³-hybridized carbons (Fsp3) is 0.380. The van der Waals surface area contributed by atoms with Crippen LogP contribution >= 0.6 is 0 Å². The first kappa shape index (κ1) is 83.1. The molecule has 1 saturated carbocycles. The minimum Gasteiger partial charge on any atom is -0.444 e. The minimum absolute atomic E-state index is 0.159. The molecule has 1 aliphatic carbocycles. The van der Waals surface area contributed by atoms with Crippen molar-refractivity contribution < 1.29 is 27.1 Å². The molecule has 5 aromatic carbocycles. The summed E-state index contributed by atoms with van der Waals surface area (Å²) < 4.78 is 60.9. The third-order valence-corrected chi connectivity index (χ3v) is 24.0. The van der Waals surface area contributed by atoms with Crippen LogP contribution in [0.15, 0.2) is 189 Å². The van der Waals surface area contributed by atoms with Gasteiger partial charge in [-0.1, -0.05) is 60.7 Å². The van der Waals surface area contributed by atoms with Crippen molar-refractivity contribution in [3.8, 4) is 0 Å². The highest BCUT2D eigenvalue weighted by Crippen LogP contribution is 2.44. The summed E-state index contributed by atoms with van der Waals surface area (Å²) in [6, 6.07) is 49.7. The van der Waals surface area contributed by atoms with Crippen molar-refractivity contribution in [1.82, 2.24) is 90.5 Å². The number of nitrogens with one attached hydrogen (secondary N) is 8. The van der Waals surface area contributed by atoms with Crippen molar-refractivity contribution >= 4 is 86.8 Å². The Bertz CT molecular complexity index is 5690. The molecule has 124 heavy (non-hydrogen) atoms. The number of benzene rings is 5. The molecule has 13 aromatic rings. The standard InChI is InChI=1S/C27H34FN7O2.C22H26FN7.C22H25FN6.C21H19FN6/c1-27(2,3)37-26(36)34-13-10-18(11-14-34)21-15-24(33-32-21)31-23-16-25(30-17-29-23)35-12-4-5-22(35)19-6-8-20(28)9-7-19;23-17-5-3-16(4-6-17)19-2-1-11-30(19)22-13-20(25-14-26-22)27-21-12-18(28-29-21)15-7-9-24-10-8-15;1-2-29-19(16-5-6-16)12-21(27-29)26-20-13-22(25-14-24-20)28-11-3-4-18(28)15-7-9-17(23)10-8-15;22-15-9-7-14(8-10-15)18-6-3-11-28(18)20-12-19(23-13-24-20)25-21-16-4-1-2-5-17(16)26-27-21/h6-9,15-18,22H,4-5,10-14H2,1-3H3,(H2,29,30,31,32,33);3-6,12-15,19,24H,1-2,7-11H2,(H2,25,26,27,28,29);7-10,12-14,16,18H,2-6,11H2,1H3,(H,24,25,26,27);1-2,4-5,7-10,12-13,18H,3,6,11H2,(H2,23,24,25,26,27). The number of carbonyl (C=O) groups is 1. The molecule has 6 saturated heterocycles. The number of halogens is 4. The Labute approximate surface area is 717 Å². The average molecular weight is 1680 g/mol. The fourth-order valence-electron chi connectivity index (χ4n) is 17.7. The highest BCUT2D eigenvalue weighted by atomic mass is 19.1. The summed E-state index contributed by atoms with van der Waals surface area (Å²) >= 11 is 0. The Morgan fingerprint density at radius 1 is 0.411 bits per heavy atom. The third-order valence-electron chi connectivity index (χ3n) is 24.0. The molecular formula is C92H104F4N26O2. The van der Waals surface area contributed by atoms with Gasteiger partial charge in [-0.2, -0.15) is 20.4 Å². The van der Waals surface area contributed by atoms with Gasteiger partial charge in [-0.3, -0.25) is 20.0 Å². The van der Waals surface area contributed by atoms with E-state index in [1.807, 2.05) is 124 Å². The summed E-state index contributed by atoms with van der Waals surface area (Å²) in [5.74, 6) is 9.86. The number of aryl methyl sites for hydroxylation is 1. The second kappa shape index (κ2) is 38.1. The molecule has 7 aliphatic rings. The van der Waals surface area contributed by atoms with E-state index in [1.165, 1.54) is 72.8 Å². The maximum Gasteiger partial charge on any atom is 0.410 e. The van der Waals surface area contributed by atoms with Gasteiger partial charge in [-0.05, 0) is 214 Å². The molecule has 0 bridgehead atoms. The zero-order valence-electron chi connectivity index (χ0n) is 70.1. The Morgan fingerprint density at radius 2 is 0.798 bits per heavy atom. The lowest BCUT2D eigenvalue weighted by atomic mass is 9.94. The van der Waals surface area contributed by atoms with E-state index in [0.717, 1.165) is 208 Å². The first-order valence-electron chi connectivity index (χ1n) is 43.2. The molecule has 0 radical (unpaired) electrons. The van der Waals surface area contributed by atoms with Crippen molar-refractivity contribution in [2.45, 2.75) is 172 Å². The number of para-hydroxylation sites is 1. The van der Waals surface area contributed by atoms with Gasteiger partial charge in [0, 0.05) is 128 Å². The summed E-state index contributed by atoms with van der Waals surface area (Å²) in [4.78, 5) is 58.7. The molecule has 20 rings (SSSR count). The molecule has 6 aliphatic heterocycles. The Kier molecular flexibility index (Phi) is 25.6. The average Bonchev–Trinajstić information content (AvgIpc) is 1.66. The van der Waals surface area contributed by atoms with Gasteiger partial charge in [0.2, 0.25) is 0 Å². The van der Waals surface area contributed by atoms with Crippen LogP contribution < -0.4 is 46.2 Å². The van der Waals surface area contributed by atoms with Crippen LogP contribution in [0, 0.1) is 23.3 Å². The first-order valence-corrected chi connectivity index (χ1v) is 43.2.